The highest BCUT2D eigenvalue weighted by Crippen LogP contribution is 2.38. The molecule has 0 aromatic carbocycles. The van der Waals surface area contributed by atoms with Crippen LogP contribution < -0.4 is 4.90 Å². The van der Waals surface area contributed by atoms with Crippen LogP contribution in [-0.4, -0.2) is 74.2 Å². The summed E-state index contributed by atoms with van der Waals surface area (Å²) in [6.07, 6.45) is 2.40. The number of piperidine rings is 1. The highest BCUT2D eigenvalue weighted by Gasteiger charge is 2.39. The van der Waals surface area contributed by atoms with Crippen molar-refractivity contribution in [2.45, 2.75) is 43.9 Å². The Balaban J connectivity index is 1.20. The first kappa shape index (κ1) is 20.4. The quantitative estimate of drug-likeness (QED) is 0.653. The van der Waals surface area contributed by atoms with Gasteiger partial charge < -0.3 is 14.8 Å². The molecule has 2 aliphatic heterocycles. The van der Waals surface area contributed by atoms with E-state index in [0.717, 1.165) is 48.7 Å². The number of halogens is 2. The highest BCUT2D eigenvalue weighted by atomic mass is 19.2. The van der Waals surface area contributed by atoms with Gasteiger partial charge in [-0.15, -0.1) is 0 Å². The number of carbonyl (C=O) groups excluding carboxylic acids is 1. The Kier molecular flexibility index (Phi) is 4.95. The van der Waals surface area contributed by atoms with Crippen molar-refractivity contribution in [3.63, 3.8) is 0 Å². The second-order valence-electron chi connectivity index (χ2n) is 9.26. The van der Waals surface area contributed by atoms with Gasteiger partial charge in [-0.25, -0.2) is 28.7 Å². The zero-order valence-corrected chi connectivity index (χ0v) is 18.1. The minimum atomic E-state index is -1.58. The molecule has 8 nitrogen and oxygen atoms in total. The van der Waals surface area contributed by atoms with Crippen molar-refractivity contribution < 1.29 is 13.6 Å². The second-order valence-corrected chi connectivity index (χ2v) is 9.26. The van der Waals surface area contributed by atoms with E-state index in [1.807, 2.05) is 18.2 Å². The SMILES string of the molecule is O=C(C1CCCN(c2ccc3[nH]c(-c4ccnc(C5CC5)n4)nc3n2)C1)N1C[C@@H](F)[C@H](F)C1. The lowest BCUT2D eigenvalue weighted by Crippen LogP contribution is -2.44. The van der Waals surface area contributed by atoms with Crippen molar-refractivity contribution in [3.05, 3.63) is 30.2 Å². The lowest BCUT2D eigenvalue weighted by molar-refractivity contribution is -0.135. The van der Waals surface area contributed by atoms with Gasteiger partial charge in [0, 0.05) is 25.2 Å². The number of aromatic nitrogens is 5. The van der Waals surface area contributed by atoms with Gasteiger partial charge in [0.15, 0.2) is 23.8 Å². The average molecular weight is 453 g/mol. The number of nitrogens with one attached hydrogen (secondary N) is 1. The monoisotopic (exact) mass is 453 g/mol. The number of H-pyrrole nitrogens is 1. The maximum Gasteiger partial charge on any atom is 0.227 e. The third-order valence-corrected chi connectivity index (χ3v) is 6.78. The zero-order chi connectivity index (χ0) is 22.5. The first-order chi connectivity index (χ1) is 16.0. The Morgan fingerprint density at radius 3 is 2.61 bits per heavy atom. The molecule has 2 saturated heterocycles. The smallest absolute Gasteiger partial charge is 0.227 e. The molecular weight excluding hydrogens is 428 g/mol. The molecule has 3 aliphatic rings. The topological polar surface area (TPSA) is 90.9 Å². The van der Waals surface area contributed by atoms with Gasteiger partial charge in [0.1, 0.15) is 17.3 Å². The van der Waals surface area contributed by atoms with Crippen molar-refractivity contribution in [2.24, 2.45) is 5.92 Å². The van der Waals surface area contributed by atoms with Gasteiger partial charge in [-0.3, -0.25) is 4.79 Å². The van der Waals surface area contributed by atoms with Gasteiger partial charge in [0.2, 0.25) is 5.91 Å². The first-order valence-electron chi connectivity index (χ1n) is 11.6. The first-order valence-corrected chi connectivity index (χ1v) is 11.6. The average Bonchev–Trinajstić information content (AvgIpc) is 3.52. The van der Waals surface area contributed by atoms with Crippen LogP contribution >= 0.6 is 0 Å². The molecule has 1 saturated carbocycles. The number of hydrogen-bond donors (Lipinski definition) is 1. The number of carbonyl (C=O) groups is 1. The van der Waals surface area contributed by atoms with E-state index < -0.39 is 12.3 Å². The molecular formula is C23H25F2N7O. The zero-order valence-electron chi connectivity index (χ0n) is 18.1. The third-order valence-electron chi connectivity index (χ3n) is 6.78. The summed E-state index contributed by atoms with van der Waals surface area (Å²) in [4.78, 5) is 37.9. The van der Waals surface area contributed by atoms with Crippen LogP contribution in [0.25, 0.3) is 22.7 Å². The number of alkyl halides is 2. The molecule has 3 aromatic rings. The maximum absolute atomic E-state index is 13.6. The summed E-state index contributed by atoms with van der Waals surface area (Å²) in [5, 5.41) is 0. The number of hydrogen-bond acceptors (Lipinski definition) is 6. The summed E-state index contributed by atoms with van der Waals surface area (Å²) in [6.45, 7) is 0.952. The van der Waals surface area contributed by atoms with E-state index in [2.05, 4.69) is 24.8 Å². The molecule has 1 unspecified atom stereocenters. The van der Waals surface area contributed by atoms with Gasteiger partial charge in [0.25, 0.3) is 0 Å². The predicted molar refractivity (Wildman–Crippen MR) is 118 cm³/mol. The van der Waals surface area contributed by atoms with Crippen LogP contribution in [0.4, 0.5) is 14.6 Å². The number of pyridine rings is 1. The Morgan fingerprint density at radius 1 is 1.00 bits per heavy atom. The van der Waals surface area contributed by atoms with E-state index in [-0.39, 0.29) is 24.9 Å². The summed E-state index contributed by atoms with van der Waals surface area (Å²) in [7, 11) is 0. The van der Waals surface area contributed by atoms with Crippen molar-refractivity contribution in [3.8, 4) is 11.5 Å². The van der Waals surface area contributed by atoms with Gasteiger partial charge in [0.05, 0.1) is 24.5 Å². The second kappa shape index (κ2) is 8.00. The molecule has 1 amide bonds. The molecule has 10 heteroatoms. The Hall–Kier alpha value is -3.17. The van der Waals surface area contributed by atoms with Gasteiger partial charge in [-0.05, 0) is 43.9 Å². The molecule has 1 aliphatic carbocycles. The lowest BCUT2D eigenvalue weighted by Gasteiger charge is -2.34. The van der Waals surface area contributed by atoms with E-state index in [1.54, 1.807) is 6.20 Å². The number of aromatic amines is 1. The molecule has 0 bridgehead atoms. The third kappa shape index (κ3) is 3.91. The molecule has 0 spiro atoms. The number of anilines is 1. The number of fused-ring (bicyclic) bond motifs is 1. The van der Waals surface area contributed by atoms with Crippen LogP contribution in [0.1, 0.15) is 37.4 Å². The van der Waals surface area contributed by atoms with E-state index >= 15 is 0 Å². The normalized spacial score (nSPS) is 25.7. The predicted octanol–water partition coefficient (Wildman–Crippen LogP) is 3.03. The van der Waals surface area contributed by atoms with E-state index in [4.69, 9.17) is 4.98 Å². The fraction of sp³-hybridized carbons (Fsp3) is 0.522. The number of imidazole rings is 1. The maximum atomic E-state index is 13.6. The summed E-state index contributed by atoms with van der Waals surface area (Å²) in [5.41, 5.74) is 2.14. The minimum absolute atomic E-state index is 0.151. The van der Waals surface area contributed by atoms with E-state index in [1.165, 1.54) is 4.90 Å². The van der Waals surface area contributed by atoms with Crippen LogP contribution in [0.15, 0.2) is 24.4 Å². The Bertz CT molecular complexity index is 1190. The van der Waals surface area contributed by atoms with Crippen LogP contribution in [0.3, 0.4) is 0 Å². The molecule has 3 fully saturated rings. The van der Waals surface area contributed by atoms with Crippen LogP contribution in [0, 0.1) is 5.92 Å². The van der Waals surface area contributed by atoms with Gasteiger partial charge in [-0.2, -0.15) is 0 Å². The van der Waals surface area contributed by atoms with Crippen LogP contribution in [0.5, 0.6) is 0 Å². The highest BCUT2D eigenvalue weighted by molar-refractivity contribution is 5.81. The van der Waals surface area contributed by atoms with Crippen molar-refractivity contribution in [1.82, 2.24) is 29.8 Å². The van der Waals surface area contributed by atoms with Crippen molar-refractivity contribution in [1.29, 1.82) is 0 Å². The number of rotatable bonds is 4. The van der Waals surface area contributed by atoms with E-state index in [0.29, 0.717) is 30.4 Å². The fourth-order valence-corrected chi connectivity index (χ4v) is 4.77. The molecule has 33 heavy (non-hydrogen) atoms. The van der Waals surface area contributed by atoms with Crippen LogP contribution in [0.2, 0.25) is 0 Å². The Labute approximate surface area is 189 Å². The van der Waals surface area contributed by atoms with Gasteiger partial charge >= 0.3 is 0 Å². The number of nitrogens with zero attached hydrogens (tertiary/aromatic N) is 6. The van der Waals surface area contributed by atoms with Crippen molar-refractivity contribution >= 4 is 22.9 Å². The fourth-order valence-electron chi connectivity index (χ4n) is 4.77. The molecule has 0 radical (unpaired) electrons. The molecule has 3 atom stereocenters. The van der Waals surface area contributed by atoms with Gasteiger partial charge in [-0.1, -0.05) is 0 Å². The van der Waals surface area contributed by atoms with Crippen LogP contribution in [-0.2, 0) is 4.79 Å². The summed E-state index contributed by atoms with van der Waals surface area (Å²) in [5.74, 6) is 2.27. The Morgan fingerprint density at radius 2 is 1.82 bits per heavy atom. The summed E-state index contributed by atoms with van der Waals surface area (Å²) < 4.78 is 27.1. The molecule has 6 rings (SSSR count). The lowest BCUT2D eigenvalue weighted by atomic mass is 9.96. The number of amides is 1. The number of likely N-dealkylation sites (tertiary alicyclic amines) is 1. The molecule has 5 heterocycles. The van der Waals surface area contributed by atoms with E-state index in [9.17, 15) is 13.6 Å². The van der Waals surface area contributed by atoms with Crippen molar-refractivity contribution in [2.75, 3.05) is 31.1 Å². The molecule has 3 aromatic heterocycles. The largest absolute Gasteiger partial charge is 0.356 e. The molecule has 172 valence electrons. The summed E-state index contributed by atoms with van der Waals surface area (Å²) >= 11 is 0. The standard InChI is InChI=1S/C23H25F2N7O/c24-15-11-32(12-16(15)25)23(33)14-2-1-9-31(10-14)19-6-5-17-22(29-19)30-21(28-17)18-7-8-26-20(27-18)13-3-4-13/h5-8,13-16H,1-4,9-12H2,(H,28,29,30)/t14?,15-,16-/m1/s1. The minimum Gasteiger partial charge on any atom is -0.356 e. The summed E-state index contributed by atoms with van der Waals surface area (Å²) in [6, 6.07) is 5.69. The molecule has 1 N–H and O–H groups in total.